The second kappa shape index (κ2) is 6.85. The number of ketones is 1. The fourth-order valence-corrected chi connectivity index (χ4v) is 2.93. The molecule has 3 aromatic rings. The summed E-state index contributed by atoms with van der Waals surface area (Å²) < 4.78 is 0. The third-order valence-electron chi connectivity index (χ3n) is 4.26. The number of aliphatic hydroxyl groups excluding tert-OH is 1. The van der Waals surface area contributed by atoms with Crippen LogP contribution in [-0.4, -0.2) is 22.6 Å². The molecule has 0 bridgehead atoms. The van der Waals surface area contributed by atoms with Gasteiger partial charge in [-0.25, -0.2) is 0 Å². The predicted octanol–water partition coefficient (Wildman–Crippen LogP) is 4.01. The van der Waals surface area contributed by atoms with E-state index in [9.17, 15) is 9.90 Å². The summed E-state index contributed by atoms with van der Waals surface area (Å²) in [5, 5.41) is 21.0. The predicted molar refractivity (Wildman–Crippen MR) is 95.6 cm³/mol. The van der Waals surface area contributed by atoms with Gasteiger partial charge in [0.1, 0.15) is 5.75 Å². The summed E-state index contributed by atoms with van der Waals surface area (Å²) in [4.78, 5) is 13.0. The molecule has 0 saturated carbocycles. The molecule has 0 aliphatic heterocycles. The van der Waals surface area contributed by atoms with Crippen molar-refractivity contribution in [2.75, 3.05) is 6.61 Å². The molecule has 0 heterocycles. The number of rotatable bonds is 5. The second-order valence-electron chi connectivity index (χ2n) is 6.00. The minimum atomic E-state index is -0.0588. The molecule has 3 rings (SSSR count). The van der Waals surface area contributed by atoms with Crippen LogP contribution in [0.2, 0.25) is 0 Å². The van der Waals surface area contributed by atoms with Crippen LogP contribution < -0.4 is 0 Å². The highest BCUT2D eigenvalue weighted by molar-refractivity contribution is 6.17. The fraction of sp³-hybridized carbons (Fsp3) is 0.190. The van der Waals surface area contributed by atoms with Crippen LogP contribution in [0.25, 0.3) is 10.8 Å². The van der Waals surface area contributed by atoms with Crippen molar-refractivity contribution < 1.29 is 15.0 Å². The smallest absolute Gasteiger partial charge is 0.193 e. The number of aryl methyl sites for hydroxylation is 2. The van der Waals surface area contributed by atoms with Crippen molar-refractivity contribution in [2.45, 2.75) is 19.8 Å². The molecule has 0 radical (unpaired) electrons. The number of benzene rings is 3. The van der Waals surface area contributed by atoms with Crippen LogP contribution in [0.1, 0.15) is 33.5 Å². The van der Waals surface area contributed by atoms with Crippen molar-refractivity contribution in [3.05, 3.63) is 76.9 Å². The van der Waals surface area contributed by atoms with Crippen molar-refractivity contribution in [1.29, 1.82) is 0 Å². The lowest BCUT2D eigenvalue weighted by Gasteiger charge is -2.12. The van der Waals surface area contributed by atoms with Gasteiger partial charge in [-0.3, -0.25) is 4.79 Å². The van der Waals surface area contributed by atoms with E-state index in [-0.39, 0.29) is 18.1 Å². The quantitative estimate of drug-likeness (QED) is 0.698. The highest BCUT2D eigenvalue weighted by Crippen LogP contribution is 2.33. The van der Waals surface area contributed by atoms with Crippen LogP contribution in [0.4, 0.5) is 0 Å². The van der Waals surface area contributed by atoms with E-state index in [0.717, 1.165) is 10.9 Å². The van der Waals surface area contributed by atoms with E-state index in [1.165, 1.54) is 0 Å². The maximum absolute atomic E-state index is 13.0. The third kappa shape index (κ3) is 3.03. The normalized spacial score (nSPS) is 10.9. The average Bonchev–Trinajstić information content (AvgIpc) is 2.61. The number of hydrogen-bond donors (Lipinski definition) is 2. The van der Waals surface area contributed by atoms with Crippen molar-refractivity contribution in [1.82, 2.24) is 0 Å². The van der Waals surface area contributed by atoms with Gasteiger partial charge in [-0.15, -0.1) is 0 Å². The molecule has 0 saturated heterocycles. The summed E-state index contributed by atoms with van der Waals surface area (Å²) in [6, 6.07) is 16.6. The minimum Gasteiger partial charge on any atom is -0.507 e. The summed E-state index contributed by atoms with van der Waals surface area (Å²) in [5.74, 6) is 0.135. The number of phenolic OH excluding ortho intramolecular Hbond substituents is 1. The van der Waals surface area contributed by atoms with Gasteiger partial charge >= 0.3 is 0 Å². The van der Waals surface area contributed by atoms with Crippen molar-refractivity contribution in [2.24, 2.45) is 0 Å². The molecule has 3 nitrogen and oxygen atoms in total. The van der Waals surface area contributed by atoms with Gasteiger partial charge in [-0.05, 0) is 36.8 Å². The van der Waals surface area contributed by atoms with E-state index in [0.29, 0.717) is 34.9 Å². The van der Waals surface area contributed by atoms with Crippen molar-refractivity contribution in [3.63, 3.8) is 0 Å². The Morgan fingerprint density at radius 3 is 2.33 bits per heavy atom. The number of hydrogen-bond acceptors (Lipinski definition) is 3. The Balaban J connectivity index is 2.16. The molecule has 0 atom stereocenters. The third-order valence-corrected chi connectivity index (χ3v) is 4.26. The van der Waals surface area contributed by atoms with E-state index in [2.05, 4.69) is 0 Å². The van der Waals surface area contributed by atoms with Crippen molar-refractivity contribution >= 4 is 16.6 Å². The molecule has 3 aromatic carbocycles. The van der Waals surface area contributed by atoms with Crippen LogP contribution in [0.15, 0.2) is 54.6 Å². The molecular formula is C21H20O3. The first-order valence-corrected chi connectivity index (χ1v) is 8.07. The molecule has 24 heavy (non-hydrogen) atoms. The zero-order valence-corrected chi connectivity index (χ0v) is 13.6. The van der Waals surface area contributed by atoms with Gasteiger partial charge in [-0.2, -0.15) is 0 Å². The van der Waals surface area contributed by atoms with E-state index in [4.69, 9.17) is 5.11 Å². The molecule has 2 N–H and O–H groups in total. The average molecular weight is 320 g/mol. The molecule has 0 spiro atoms. The minimum absolute atomic E-state index is 0.0491. The maximum atomic E-state index is 13.0. The van der Waals surface area contributed by atoms with Gasteiger partial charge < -0.3 is 10.2 Å². The lowest BCUT2D eigenvalue weighted by atomic mass is 9.92. The number of phenols is 1. The molecule has 0 unspecified atom stereocenters. The van der Waals surface area contributed by atoms with E-state index >= 15 is 0 Å². The lowest BCUT2D eigenvalue weighted by molar-refractivity contribution is 0.104. The zero-order chi connectivity index (χ0) is 17.1. The van der Waals surface area contributed by atoms with E-state index in [1.54, 1.807) is 6.07 Å². The number of aromatic hydroxyl groups is 1. The summed E-state index contributed by atoms with van der Waals surface area (Å²) in [5.41, 5.74) is 3.01. The van der Waals surface area contributed by atoms with E-state index in [1.807, 2.05) is 55.5 Å². The standard InChI is InChI=1S/C21H20O3/c1-14-8-10-15(11-9-14)20(23)19-13-16(5-4-12-22)21(24)18-7-3-2-6-17(18)19/h2-3,6-11,13,22,24H,4-5,12H2,1H3. The van der Waals surface area contributed by atoms with Crippen LogP contribution in [0.3, 0.4) is 0 Å². The molecule has 0 amide bonds. The van der Waals surface area contributed by atoms with Gasteiger partial charge in [0.2, 0.25) is 0 Å². The first kappa shape index (κ1) is 16.2. The molecule has 0 aromatic heterocycles. The van der Waals surface area contributed by atoms with Gasteiger partial charge in [0.05, 0.1) is 0 Å². The molecule has 0 aliphatic rings. The first-order valence-electron chi connectivity index (χ1n) is 8.07. The number of fused-ring (bicyclic) bond motifs is 1. The maximum Gasteiger partial charge on any atom is 0.193 e. The largest absolute Gasteiger partial charge is 0.507 e. The van der Waals surface area contributed by atoms with Gasteiger partial charge in [0, 0.05) is 23.1 Å². The number of carbonyl (C=O) groups is 1. The second-order valence-corrected chi connectivity index (χ2v) is 6.00. The summed E-state index contributed by atoms with van der Waals surface area (Å²) in [6.45, 7) is 2.03. The van der Waals surface area contributed by atoms with Crippen LogP contribution in [0.5, 0.6) is 5.75 Å². The topological polar surface area (TPSA) is 57.5 Å². The monoisotopic (exact) mass is 320 g/mol. The van der Waals surface area contributed by atoms with Crippen molar-refractivity contribution in [3.8, 4) is 5.75 Å². The Bertz CT molecular complexity index is 879. The molecular weight excluding hydrogens is 300 g/mol. The molecule has 122 valence electrons. The molecule has 0 aliphatic carbocycles. The van der Waals surface area contributed by atoms with Gasteiger partial charge in [-0.1, -0.05) is 54.1 Å². The zero-order valence-electron chi connectivity index (χ0n) is 13.6. The highest BCUT2D eigenvalue weighted by Gasteiger charge is 2.17. The summed E-state index contributed by atoms with van der Waals surface area (Å²) in [7, 11) is 0. The number of carbonyl (C=O) groups excluding carboxylic acids is 1. The van der Waals surface area contributed by atoms with Crippen LogP contribution in [-0.2, 0) is 6.42 Å². The SMILES string of the molecule is Cc1ccc(C(=O)c2cc(CCCO)c(O)c3ccccc23)cc1. The van der Waals surface area contributed by atoms with E-state index < -0.39 is 0 Å². The Morgan fingerprint density at radius 1 is 1.00 bits per heavy atom. The van der Waals surface area contributed by atoms with Gasteiger partial charge in [0.15, 0.2) is 5.78 Å². The Hall–Kier alpha value is -2.65. The fourth-order valence-electron chi connectivity index (χ4n) is 2.93. The lowest BCUT2D eigenvalue weighted by Crippen LogP contribution is -2.04. The Morgan fingerprint density at radius 2 is 1.67 bits per heavy atom. The summed E-state index contributed by atoms with van der Waals surface area (Å²) in [6.07, 6.45) is 1.07. The first-order chi connectivity index (χ1) is 11.6. The Kier molecular flexibility index (Phi) is 4.63. The number of aliphatic hydroxyl groups is 1. The van der Waals surface area contributed by atoms with Crippen LogP contribution >= 0.6 is 0 Å². The highest BCUT2D eigenvalue weighted by atomic mass is 16.3. The molecule has 0 fully saturated rings. The molecule has 3 heteroatoms. The van der Waals surface area contributed by atoms with Crippen LogP contribution in [0, 0.1) is 6.92 Å². The Labute approximate surface area is 141 Å². The summed E-state index contributed by atoms with van der Waals surface area (Å²) >= 11 is 0. The van der Waals surface area contributed by atoms with Gasteiger partial charge in [0.25, 0.3) is 0 Å².